The fraction of sp³-hybridized carbons (Fsp3) is 0.286. The van der Waals surface area contributed by atoms with Crippen LogP contribution in [0, 0.1) is 6.92 Å². The zero-order chi connectivity index (χ0) is 7.40. The third-order valence-electron chi connectivity index (χ3n) is 1.31. The number of carbonyl (C=O) groups is 1. The maximum atomic E-state index is 9.86. The molecule has 0 aliphatic heterocycles. The molecule has 1 aromatic rings. The molecule has 0 aliphatic rings. The summed E-state index contributed by atoms with van der Waals surface area (Å²) >= 11 is 0. The Morgan fingerprint density at radius 2 is 2.60 bits per heavy atom. The van der Waals surface area contributed by atoms with Crippen molar-refractivity contribution >= 4 is 6.41 Å². The molecule has 1 N–H and O–H groups in total. The van der Waals surface area contributed by atoms with Crippen molar-refractivity contribution < 1.29 is 9.21 Å². The van der Waals surface area contributed by atoms with Gasteiger partial charge in [0.25, 0.3) is 0 Å². The SMILES string of the molecule is Cc1ccoc1CNC=O. The summed E-state index contributed by atoms with van der Waals surface area (Å²) in [6.45, 7) is 2.41. The van der Waals surface area contributed by atoms with Crippen molar-refractivity contribution in [1.82, 2.24) is 5.32 Å². The second-order valence-electron chi connectivity index (χ2n) is 2.03. The Balaban J connectivity index is 2.56. The van der Waals surface area contributed by atoms with Crippen molar-refractivity contribution in [3.8, 4) is 0 Å². The van der Waals surface area contributed by atoms with Gasteiger partial charge in [-0.15, -0.1) is 0 Å². The van der Waals surface area contributed by atoms with Gasteiger partial charge in [0.05, 0.1) is 12.8 Å². The molecule has 1 amide bonds. The van der Waals surface area contributed by atoms with Crippen LogP contribution in [-0.2, 0) is 11.3 Å². The number of aryl methyl sites for hydroxylation is 1. The number of carbonyl (C=O) groups excluding carboxylic acids is 1. The van der Waals surface area contributed by atoms with Gasteiger partial charge in [-0.1, -0.05) is 0 Å². The molecule has 3 nitrogen and oxygen atoms in total. The van der Waals surface area contributed by atoms with Crippen molar-refractivity contribution in [2.24, 2.45) is 0 Å². The number of rotatable bonds is 3. The molecule has 1 aromatic heterocycles. The van der Waals surface area contributed by atoms with Crippen molar-refractivity contribution in [1.29, 1.82) is 0 Å². The monoisotopic (exact) mass is 139 g/mol. The first kappa shape index (κ1) is 6.86. The van der Waals surface area contributed by atoms with E-state index in [2.05, 4.69) is 5.32 Å². The second-order valence-corrected chi connectivity index (χ2v) is 2.03. The molecular formula is C7H9NO2. The lowest BCUT2D eigenvalue weighted by Crippen LogP contribution is -2.09. The van der Waals surface area contributed by atoms with Crippen molar-refractivity contribution in [2.75, 3.05) is 0 Å². The van der Waals surface area contributed by atoms with Crippen molar-refractivity contribution in [3.05, 3.63) is 23.7 Å². The van der Waals surface area contributed by atoms with Crippen LogP contribution in [0.5, 0.6) is 0 Å². The van der Waals surface area contributed by atoms with E-state index in [0.29, 0.717) is 13.0 Å². The fourth-order valence-corrected chi connectivity index (χ4v) is 0.720. The molecule has 0 bridgehead atoms. The van der Waals surface area contributed by atoms with Crippen LogP contribution in [0.25, 0.3) is 0 Å². The van der Waals surface area contributed by atoms with E-state index in [1.54, 1.807) is 6.26 Å². The van der Waals surface area contributed by atoms with E-state index in [1.807, 2.05) is 13.0 Å². The summed E-state index contributed by atoms with van der Waals surface area (Å²) in [7, 11) is 0. The third-order valence-corrected chi connectivity index (χ3v) is 1.31. The maximum absolute atomic E-state index is 9.86. The van der Waals surface area contributed by atoms with Crippen LogP contribution in [-0.4, -0.2) is 6.41 Å². The van der Waals surface area contributed by atoms with Gasteiger partial charge in [-0.3, -0.25) is 4.79 Å². The summed E-state index contributed by atoms with van der Waals surface area (Å²) in [6.07, 6.45) is 2.26. The lowest BCUT2D eigenvalue weighted by atomic mass is 10.3. The van der Waals surface area contributed by atoms with Gasteiger partial charge in [-0.05, 0) is 18.6 Å². The molecule has 0 saturated heterocycles. The molecule has 1 heterocycles. The molecule has 0 fully saturated rings. The standard InChI is InChI=1S/C7H9NO2/c1-6-2-3-10-7(6)4-8-5-9/h2-3,5H,4H2,1H3,(H,8,9). The molecule has 3 heteroatoms. The minimum absolute atomic E-state index is 0.475. The minimum Gasteiger partial charge on any atom is -0.467 e. The first-order valence-corrected chi connectivity index (χ1v) is 3.04. The van der Waals surface area contributed by atoms with Gasteiger partial charge in [0.2, 0.25) is 6.41 Å². The smallest absolute Gasteiger partial charge is 0.207 e. The second kappa shape index (κ2) is 3.06. The summed E-state index contributed by atoms with van der Waals surface area (Å²) in [5.41, 5.74) is 1.06. The zero-order valence-corrected chi connectivity index (χ0v) is 5.76. The summed E-state index contributed by atoms with van der Waals surface area (Å²) in [5, 5.41) is 2.52. The Hall–Kier alpha value is -1.25. The number of nitrogens with one attached hydrogen (secondary N) is 1. The van der Waals surface area contributed by atoms with E-state index in [9.17, 15) is 4.79 Å². The zero-order valence-electron chi connectivity index (χ0n) is 5.76. The van der Waals surface area contributed by atoms with E-state index in [1.165, 1.54) is 0 Å². The highest BCUT2D eigenvalue weighted by Gasteiger charge is 1.98. The normalized spacial score (nSPS) is 9.30. The molecule has 0 aliphatic carbocycles. The van der Waals surface area contributed by atoms with Crippen molar-refractivity contribution in [2.45, 2.75) is 13.5 Å². The van der Waals surface area contributed by atoms with Crippen LogP contribution in [0.3, 0.4) is 0 Å². The van der Waals surface area contributed by atoms with Gasteiger partial charge in [0.15, 0.2) is 0 Å². The van der Waals surface area contributed by atoms with E-state index in [-0.39, 0.29) is 0 Å². The van der Waals surface area contributed by atoms with E-state index < -0.39 is 0 Å². The predicted octanol–water partition coefficient (Wildman–Crippen LogP) is 0.834. The summed E-state index contributed by atoms with van der Waals surface area (Å²) in [6, 6.07) is 1.86. The van der Waals surface area contributed by atoms with Gasteiger partial charge >= 0.3 is 0 Å². The molecule has 0 aromatic carbocycles. The lowest BCUT2D eigenvalue weighted by Gasteiger charge is -1.94. The summed E-state index contributed by atoms with van der Waals surface area (Å²) < 4.78 is 5.04. The van der Waals surface area contributed by atoms with Crippen LogP contribution >= 0.6 is 0 Å². The molecular weight excluding hydrogens is 130 g/mol. The van der Waals surface area contributed by atoms with Crippen LogP contribution in [0.2, 0.25) is 0 Å². The minimum atomic E-state index is 0.475. The van der Waals surface area contributed by atoms with Gasteiger partial charge in [0.1, 0.15) is 5.76 Å². The Bertz CT molecular complexity index is 217. The van der Waals surface area contributed by atoms with Crippen LogP contribution < -0.4 is 5.32 Å². The van der Waals surface area contributed by atoms with Crippen LogP contribution in [0.4, 0.5) is 0 Å². The Morgan fingerprint density at radius 1 is 1.80 bits per heavy atom. The number of hydrogen-bond acceptors (Lipinski definition) is 2. The highest BCUT2D eigenvalue weighted by Crippen LogP contribution is 2.06. The number of hydrogen-bond donors (Lipinski definition) is 1. The molecule has 0 unspecified atom stereocenters. The lowest BCUT2D eigenvalue weighted by molar-refractivity contribution is -0.109. The Labute approximate surface area is 59.0 Å². The number of furan rings is 1. The highest BCUT2D eigenvalue weighted by atomic mass is 16.3. The van der Waals surface area contributed by atoms with Crippen LogP contribution in [0.1, 0.15) is 11.3 Å². The highest BCUT2D eigenvalue weighted by molar-refractivity contribution is 5.46. The average Bonchev–Trinajstić information content (AvgIpc) is 2.31. The predicted molar refractivity (Wildman–Crippen MR) is 36.3 cm³/mol. The van der Waals surface area contributed by atoms with Gasteiger partial charge in [0, 0.05) is 0 Å². The molecule has 0 radical (unpaired) electrons. The van der Waals surface area contributed by atoms with Gasteiger partial charge in [-0.2, -0.15) is 0 Å². The molecule has 0 saturated carbocycles. The van der Waals surface area contributed by atoms with Crippen molar-refractivity contribution in [3.63, 3.8) is 0 Å². The summed E-state index contributed by atoms with van der Waals surface area (Å²) in [4.78, 5) is 9.86. The van der Waals surface area contributed by atoms with E-state index in [4.69, 9.17) is 4.42 Å². The first-order valence-electron chi connectivity index (χ1n) is 3.04. The maximum Gasteiger partial charge on any atom is 0.207 e. The quantitative estimate of drug-likeness (QED) is 0.630. The average molecular weight is 139 g/mol. The topological polar surface area (TPSA) is 42.2 Å². The largest absolute Gasteiger partial charge is 0.467 e. The molecule has 10 heavy (non-hydrogen) atoms. The molecule has 0 spiro atoms. The van der Waals surface area contributed by atoms with Crippen LogP contribution in [0.15, 0.2) is 16.7 Å². The molecule has 0 atom stereocenters. The fourth-order valence-electron chi connectivity index (χ4n) is 0.720. The Kier molecular flexibility index (Phi) is 2.10. The summed E-state index contributed by atoms with van der Waals surface area (Å²) in [5.74, 6) is 0.812. The first-order chi connectivity index (χ1) is 4.84. The van der Waals surface area contributed by atoms with Gasteiger partial charge in [-0.25, -0.2) is 0 Å². The van der Waals surface area contributed by atoms with E-state index in [0.717, 1.165) is 11.3 Å². The third kappa shape index (κ3) is 1.37. The molecule has 54 valence electrons. The van der Waals surface area contributed by atoms with E-state index >= 15 is 0 Å². The molecule has 1 rings (SSSR count). The Morgan fingerprint density at radius 3 is 3.10 bits per heavy atom. The van der Waals surface area contributed by atoms with Gasteiger partial charge < -0.3 is 9.73 Å². The number of amides is 1.